The monoisotopic (exact) mass is 354 g/mol. The minimum atomic E-state index is -1.03. The van der Waals surface area contributed by atoms with Crippen LogP contribution in [-0.2, 0) is 0 Å². The number of carboxylic acid groups (broad SMARTS) is 1. The maximum atomic E-state index is 12.2. The summed E-state index contributed by atoms with van der Waals surface area (Å²) in [6, 6.07) is 4.84. The average molecular weight is 355 g/mol. The summed E-state index contributed by atoms with van der Waals surface area (Å²) in [5, 5.41) is 11.8. The minimum Gasteiger partial charge on any atom is -0.478 e. The first-order valence-corrected chi connectivity index (χ1v) is 7.85. The zero-order valence-electron chi connectivity index (χ0n) is 11.9. The largest absolute Gasteiger partial charge is 0.478 e. The van der Waals surface area contributed by atoms with Gasteiger partial charge in [-0.1, -0.05) is 19.3 Å². The second-order valence-electron chi connectivity index (χ2n) is 5.33. The zero-order valence-corrected chi connectivity index (χ0v) is 13.5. The van der Waals surface area contributed by atoms with E-state index in [9.17, 15) is 9.59 Å². The van der Waals surface area contributed by atoms with E-state index in [0.717, 1.165) is 25.7 Å². The fraction of sp³-hybridized carbons (Fsp3) is 0.467. The maximum Gasteiger partial charge on any atom is 0.336 e. The molecular weight excluding hydrogens is 336 g/mol. The molecule has 0 heterocycles. The summed E-state index contributed by atoms with van der Waals surface area (Å²) < 4.78 is 0.494. The molecule has 0 bridgehead atoms. The van der Waals surface area contributed by atoms with E-state index in [1.165, 1.54) is 12.5 Å². The molecule has 0 unspecified atom stereocenters. The highest BCUT2D eigenvalue weighted by molar-refractivity contribution is 9.10. The summed E-state index contributed by atoms with van der Waals surface area (Å²) in [5.41, 5.74) is 0.622. The molecular formula is C15H19BrN2O3. The molecule has 6 heteroatoms. The first kappa shape index (κ1) is 15.8. The topological polar surface area (TPSA) is 69.6 Å². The lowest BCUT2D eigenvalue weighted by Gasteiger charge is -2.31. The van der Waals surface area contributed by atoms with E-state index in [1.54, 1.807) is 24.1 Å². The fourth-order valence-corrected chi connectivity index (χ4v) is 3.03. The summed E-state index contributed by atoms with van der Waals surface area (Å²) in [7, 11) is 1.79. The van der Waals surface area contributed by atoms with Gasteiger partial charge in [-0.3, -0.25) is 0 Å². The smallest absolute Gasteiger partial charge is 0.336 e. The van der Waals surface area contributed by atoms with Gasteiger partial charge >= 0.3 is 12.0 Å². The predicted molar refractivity (Wildman–Crippen MR) is 84.8 cm³/mol. The van der Waals surface area contributed by atoms with Crippen molar-refractivity contribution in [2.75, 3.05) is 12.4 Å². The van der Waals surface area contributed by atoms with E-state index in [-0.39, 0.29) is 17.6 Å². The molecule has 21 heavy (non-hydrogen) atoms. The predicted octanol–water partition coefficient (Wildman–Crippen LogP) is 3.94. The Labute approximate surface area is 132 Å². The van der Waals surface area contributed by atoms with Gasteiger partial charge in [0.05, 0.1) is 5.56 Å². The quantitative estimate of drug-likeness (QED) is 0.863. The Morgan fingerprint density at radius 2 is 1.95 bits per heavy atom. The van der Waals surface area contributed by atoms with Gasteiger partial charge < -0.3 is 15.3 Å². The average Bonchev–Trinajstić information content (AvgIpc) is 2.49. The van der Waals surface area contributed by atoms with Gasteiger partial charge in [-0.25, -0.2) is 9.59 Å². The number of benzene rings is 1. The molecule has 0 atom stereocenters. The lowest BCUT2D eigenvalue weighted by atomic mass is 9.95. The summed E-state index contributed by atoms with van der Waals surface area (Å²) in [4.78, 5) is 25.0. The Kier molecular flexibility index (Phi) is 5.22. The normalized spacial score (nSPS) is 15.5. The minimum absolute atomic E-state index is 0.133. The second-order valence-corrected chi connectivity index (χ2v) is 6.19. The third kappa shape index (κ3) is 3.97. The van der Waals surface area contributed by atoms with Crippen molar-refractivity contribution < 1.29 is 14.7 Å². The highest BCUT2D eigenvalue weighted by Gasteiger charge is 2.22. The van der Waals surface area contributed by atoms with Crippen molar-refractivity contribution in [2.24, 2.45) is 0 Å². The molecule has 0 radical (unpaired) electrons. The number of hydrogen-bond donors (Lipinski definition) is 2. The Balaban J connectivity index is 2.05. The van der Waals surface area contributed by atoms with Gasteiger partial charge in [0.1, 0.15) is 0 Å². The molecule has 0 aromatic heterocycles. The molecule has 1 fully saturated rings. The van der Waals surface area contributed by atoms with Gasteiger partial charge in [-0.2, -0.15) is 0 Å². The molecule has 0 spiro atoms. The second kappa shape index (κ2) is 6.93. The third-order valence-corrected chi connectivity index (χ3v) is 4.58. The molecule has 2 N–H and O–H groups in total. The van der Waals surface area contributed by atoms with Crippen LogP contribution in [-0.4, -0.2) is 35.1 Å². The van der Waals surface area contributed by atoms with Gasteiger partial charge in [-0.05, 0) is 47.0 Å². The Morgan fingerprint density at radius 3 is 2.57 bits per heavy atom. The van der Waals surface area contributed by atoms with Crippen LogP contribution in [0.1, 0.15) is 42.5 Å². The van der Waals surface area contributed by atoms with E-state index >= 15 is 0 Å². The highest BCUT2D eigenvalue weighted by atomic mass is 79.9. The van der Waals surface area contributed by atoms with Crippen LogP contribution in [0.4, 0.5) is 10.5 Å². The number of amides is 2. The summed E-state index contributed by atoms with van der Waals surface area (Å²) in [6.45, 7) is 0. The van der Waals surface area contributed by atoms with Gasteiger partial charge in [0.15, 0.2) is 0 Å². The first-order chi connectivity index (χ1) is 9.99. The van der Waals surface area contributed by atoms with Crippen molar-refractivity contribution in [3.05, 3.63) is 28.2 Å². The number of aromatic carboxylic acids is 1. The molecule has 1 saturated carbocycles. The molecule has 0 saturated heterocycles. The van der Waals surface area contributed by atoms with Crippen LogP contribution in [0.5, 0.6) is 0 Å². The molecule has 0 aliphatic heterocycles. The van der Waals surface area contributed by atoms with Crippen molar-refractivity contribution >= 4 is 33.6 Å². The molecule has 2 amide bonds. The number of halogens is 1. The van der Waals surface area contributed by atoms with Gasteiger partial charge in [0.2, 0.25) is 0 Å². The standard InChI is InChI=1S/C15H19BrN2O3/c1-18(11-5-3-2-4-6-11)15(21)17-10-7-8-13(16)12(9-10)14(19)20/h7-9,11H,2-6H2,1H3,(H,17,21)(H,19,20). The number of anilines is 1. The third-order valence-electron chi connectivity index (χ3n) is 3.89. The zero-order chi connectivity index (χ0) is 15.4. The number of carbonyl (C=O) groups is 2. The van der Waals surface area contributed by atoms with Crippen LogP contribution in [0.15, 0.2) is 22.7 Å². The molecule has 1 aliphatic carbocycles. The molecule has 1 aromatic rings. The van der Waals surface area contributed by atoms with Crippen molar-refractivity contribution in [1.29, 1.82) is 0 Å². The van der Waals surface area contributed by atoms with Gasteiger partial charge in [-0.15, -0.1) is 0 Å². The van der Waals surface area contributed by atoms with E-state index in [0.29, 0.717) is 10.2 Å². The van der Waals surface area contributed by atoms with Crippen LogP contribution >= 0.6 is 15.9 Å². The Hall–Kier alpha value is -1.56. The molecule has 1 aliphatic rings. The number of nitrogens with zero attached hydrogens (tertiary/aromatic N) is 1. The fourth-order valence-electron chi connectivity index (χ4n) is 2.61. The van der Waals surface area contributed by atoms with Gasteiger partial charge in [0.25, 0.3) is 0 Å². The lowest BCUT2D eigenvalue weighted by molar-refractivity contribution is 0.0696. The summed E-state index contributed by atoms with van der Waals surface area (Å²) >= 11 is 3.18. The summed E-state index contributed by atoms with van der Waals surface area (Å²) in [6.07, 6.45) is 5.61. The Bertz CT molecular complexity index is 542. The van der Waals surface area contributed by atoms with Crippen LogP contribution in [0.2, 0.25) is 0 Å². The number of nitrogens with one attached hydrogen (secondary N) is 1. The SMILES string of the molecule is CN(C(=O)Nc1ccc(Br)c(C(=O)O)c1)C1CCCCC1. The van der Waals surface area contributed by atoms with Crippen molar-refractivity contribution in [1.82, 2.24) is 4.90 Å². The van der Waals surface area contributed by atoms with E-state index in [1.807, 2.05) is 0 Å². The van der Waals surface area contributed by atoms with Crippen molar-refractivity contribution in [3.63, 3.8) is 0 Å². The number of hydrogen-bond acceptors (Lipinski definition) is 2. The molecule has 1 aromatic carbocycles. The van der Waals surface area contributed by atoms with E-state index < -0.39 is 5.97 Å². The van der Waals surface area contributed by atoms with Crippen LogP contribution in [0, 0.1) is 0 Å². The number of carboxylic acids is 1. The van der Waals surface area contributed by atoms with Crippen molar-refractivity contribution in [3.8, 4) is 0 Å². The van der Waals surface area contributed by atoms with Crippen LogP contribution < -0.4 is 5.32 Å². The molecule has 5 nitrogen and oxygen atoms in total. The van der Waals surface area contributed by atoms with E-state index in [2.05, 4.69) is 21.2 Å². The first-order valence-electron chi connectivity index (χ1n) is 7.05. The maximum absolute atomic E-state index is 12.2. The number of rotatable bonds is 3. The molecule has 114 valence electrons. The lowest BCUT2D eigenvalue weighted by Crippen LogP contribution is -2.40. The van der Waals surface area contributed by atoms with Crippen molar-refractivity contribution in [2.45, 2.75) is 38.1 Å². The van der Waals surface area contributed by atoms with Gasteiger partial charge in [0, 0.05) is 23.2 Å². The van der Waals surface area contributed by atoms with Crippen LogP contribution in [0.3, 0.4) is 0 Å². The van der Waals surface area contributed by atoms with Crippen LogP contribution in [0.25, 0.3) is 0 Å². The Morgan fingerprint density at radius 1 is 1.29 bits per heavy atom. The molecule has 2 rings (SSSR count). The number of urea groups is 1. The summed E-state index contributed by atoms with van der Waals surface area (Å²) in [5.74, 6) is -1.03. The van der Waals surface area contributed by atoms with E-state index in [4.69, 9.17) is 5.11 Å². The number of carbonyl (C=O) groups excluding carboxylic acids is 1. The highest BCUT2D eigenvalue weighted by Crippen LogP contribution is 2.24.